The number of nitrogens with zero attached hydrogens (tertiary/aromatic N) is 1. The molecule has 2 saturated carbocycles. The van der Waals surface area contributed by atoms with Gasteiger partial charge in [0.25, 0.3) is 0 Å². The lowest BCUT2D eigenvalue weighted by Crippen LogP contribution is -2.37. The molecule has 6 heteroatoms. The van der Waals surface area contributed by atoms with E-state index in [2.05, 4.69) is 69.6 Å². The summed E-state index contributed by atoms with van der Waals surface area (Å²) in [5.74, 6) is 1.92. The van der Waals surface area contributed by atoms with Crippen LogP contribution in [-0.2, 0) is 21.5 Å². The van der Waals surface area contributed by atoms with Crippen LogP contribution in [0.2, 0.25) is 0 Å². The Morgan fingerprint density at radius 2 is 1.94 bits per heavy atom. The molecule has 0 aromatic heterocycles. The molecule has 2 saturated heterocycles. The maximum Gasteiger partial charge on any atom is 0.235 e. The second kappa shape index (κ2) is 9.10. The van der Waals surface area contributed by atoms with E-state index >= 15 is 0 Å². The summed E-state index contributed by atoms with van der Waals surface area (Å²) < 4.78 is 5.48. The van der Waals surface area contributed by atoms with E-state index in [4.69, 9.17) is 4.74 Å². The summed E-state index contributed by atoms with van der Waals surface area (Å²) in [6.45, 7) is 4.70. The SMILES string of the molecule is O=C1Nc2ccccc2[C@]12C[C@H]2C1CCC2C(/C=C/c3cccc(CN4CCOCC4)c3)NNC2C1. The van der Waals surface area contributed by atoms with Crippen LogP contribution in [0.15, 0.2) is 54.6 Å². The lowest BCUT2D eigenvalue weighted by Gasteiger charge is -2.33. The standard InChI is InChI=1S/C30H36N4O2/c35-29-30(24-6-1-2-7-27(24)31-29)18-25(30)22-9-10-23-26(32-33-28(23)17-22)11-8-20-4-3-5-21(16-20)19-34-12-14-36-15-13-34/h1-8,11,16,22-23,25-26,28,32-33H,9-10,12-15,17-19H2,(H,31,35)/b11-8+/t22?,23?,25-,26?,28?,30-/m0/s1. The number of ether oxygens (including phenoxy) is 1. The average Bonchev–Trinajstić information content (AvgIpc) is 3.44. The number of rotatable bonds is 5. The van der Waals surface area contributed by atoms with Crippen LogP contribution in [0.25, 0.3) is 6.08 Å². The Morgan fingerprint density at radius 1 is 1.06 bits per heavy atom. The molecule has 3 aliphatic heterocycles. The Labute approximate surface area is 213 Å². The van der Waals surface area contributed by atoms with E-state index in [1.165, 1.54) is 29.5 Å². The van der Waals surface area contributed by atoms with Gasteiger partial charge in [-0.2, -0.15) is 0 Å². The van der Waals surface area contributed by atoms with Gasteiger partial charge in [0.1, 0.15) is 0 Å². The van der Waals surface area contributed by atoms with E-state index in [-0.39, 0.29) is 11.3 Å². The van der Waals surface area contributed by atoms with Crippen molar-refractivity contribution >= 4 is 17.7 Å². The minimum absolute atomic E-state index is 0.227. The first-order chi connectivity index (χ1) is 17.7. The first-order valence-corrected chi connectivity index (χ1v) is 13.7. The third-order valence-corrected chi connectivity index (χ3v) is 9.44. The number of anilines is 1. The second-order valence-electron chi connectivity index (χ2n) is 11.4. The minimum atomic E-state index is -0.258. The monoisotopic (exact) mass is 484 g/mol. The van der Waals surface area contributed by atoms with Crippen LogP contribution in [0.1, 0.15) is 42.4 Å². The molecule has 0 bridgehead atoms. The summed E-state index contributed by atoms with van der Waals surface area (Å²) in [5.41, 5.74) is 11.8. The van der Waals surface area contributed by atoms with Gasteiger partial charge in [-0.15, -0.1) is 0 Å². The molecule has 2 aromatic rings. The molecule has 6 atom stereocenters. The zero-order valence-corrected chi connectivity index (χ0v) is 20.8. The van der Waals surface area contributed by atoms with Gasteiger partial charge in [0.15, 0.2) is 0 Å². The summed E-state index contributed by atoms with van der Waals surface area (Å²) in [7, 11) is 0. The van der Waals surface area contributed by atoms with Crippen molar-refractivity contribution < 1.29 is 9.53 Å². The number of nitrogens with one attached hydrogen (secondary N) is 3. The Hall–Kier alpha value is -2.51. The molecule has 1 amide bonds. The Balaban J connectivity index is 0.981. The minimum Gasteiger partial charge on any atom is -0.379 e. The highest BCUT2D eigenvalue weighted by molar-refractivity contribution is 6.08. The van der Waals surface area contributed by atoms with E-state index in [9.17, 15) is 4.79 Å². The Kier molecular flexibility index (Phi) is 5.73. The number of hydrogen-bond acceptors (Lipinski definition) is 5. The normalized spacial score (nSPS) is 35.7. The first-order valence-electron chi connectivity index (χ1n) is 13.7. The molecule has 2 aliphatic carbocycles. The molecule has 3 N–H and O–H groups in total. The quantitative estimate of drug-likeness (QED) is 0.604. The molecule has 4 unspecified atom stereocenters. The number of hydrogen-bond donors (Lipinski definition) is 3. The highest BCUT2D eigenvalue weighted by Gasteiger charge is 2.67. The number of amides is 1. The van der Waals surface area contributed by atoms with E-state index < -0.39 is 0 Å². The van der Waals surface area contributed by atoms with Crippen LogP contribution in [0.4, 0.5) is 5.69 Å². The largest absolute Gasteiger partial charge is 0.379 e. The van der Waals surface area contributed by atoms with Crippen molar-refractivity contribution in [3.8, 4) is 0 Å². The smallest absolute Gasteiger partial charge is 0.235 e. The van der Waals surface area contributed by atoms with Gasteiger partial charge in [0.05, 0.1) is 18.6 Å². The molecule has 6 nitrogen and oxygen atoms in total. The molecular weight excluding hydrogens is 448 g/mol. The Bertz CT molecular complexity index is 1180. The average molecular weight is 485 g/mol. The third-order valence-electron chi connectivity index (χ3n) is 9.44. The number of para-hydroxylation sites is 1. The van der Waals surface area contributed by atoms with Crippen LogP contribution < -0.4 is 16.2 Å². The number of carbonyl (C=O) groups excluding carboxylic acids is 1. The summed E-state index contributed by atoms with van der Waals surface area (Å²) in [4.78, 5) is 15.4. The van der Waals surface area contributed by atoms with E-state index in [0.717, 1.165) is 51.4 Å². The maximum atomic E-state index is 12.9. The molecule has 188 valence electrons. The zero-order valence-electron chi connectivity index (χ0n) is 20.8. The van der Waals surface area contributed by atoms with Crippen molar-refractivity contribution in [3.05, 3.63) is 71.3 Å². The van der Waals surface area contributed by atoms with Crippen molar-refractivity contribution in [2.24, 2.45) is 17.8 Å². The van der Waals surface area contributed by atoms with Crippen LogP contribution >= 0.6 is 0 Å². The van der Waals surface area contributed by atoms with Gasteiger partial charge in [-0.25, -0.2) is 0 Å². The van der Waals surface area contributed by atoms with Crippen LogP contribution in [0.3, 0.4) is 0 Å². The second-order valence-corrected chi connectivity index (χ2v) is 11.4. The van der Waals surface area contributed by atoms with Crippen molar-refractivity contribution in [2.75, 3.05) is 31.6 Å². The molecule has 3 heterocycles. The fourth-order valence-corrected chi connectivity index (χ4v) is 7.48. The van der Waals surface area contributed by atoms with Crippen LogP contribution in [0.5, 0.6) is 0 Å². The van der Waals surface area contributed by atoms with Crippen molar-refractivity contribution in [3.63, 3.8) is 0 Å². The summed E-state index contributed by atoms with van der Waals surface area (Å²) in [6, 6.07) is 18.0. The highest BCUT2D eigenvalue weighted by Crippen LogP contribution is 2.64. The van der Waals surface area contributed by atoms with E-state index in [0.29, 0.717) is 29.8 Å². The summed E-state index contributed by atoms with van der Waals surface area (Å²) in [6.07, 6.45) is 9.22. The predicted octanol–water partition coefficient (Wildman–Crippen LogP) is 3.70. The fourth-order valence-electron chi connectivity index (χ4n) is 7.48. The summed E-state index contributed by atoms with van der Waals surface area (Å²) >= 11 is 0. The molecule has 5 aliphatic rings. The van der Waals surface area contributed by atoms with E-state index in [1.807, 2.05) is 12.1 Å². The molecule has 1 spiro atoms. The molecule has 2 aromatic carbocycles. The predicted molar refractivity (Wildman–Crippen MR) is 141 cm³/mol. The topological polar surface area (TPSA) is 65.6 Å². The van der Waals surface area contributed by atoms with Gasteiger partial charge in [0.2, 0.25) is 5.91 Å². The molecule has 4 fully saturated rings. The number of carbonyl (C=O) groups is 1. The summed E-state index contributed by atoms with van der Waals surface area (Å²) in [5, 5.41) is 3.15. The number of morpholine rings is 1. The van der Waals surface area contributed by atoms with Gasteiger partial charge in [-0.05, 0) is 66.2 Å². The van der Waals surface area contributed by atoms with Gasteiger partial charge in [0, 0.05) is 37.4 Å². The van der Waals surface area contributed by atoms with Crippen LogP contribution in [-0.4, -0.2) is 49.2 Å². The molecule has 7 rings (SSSR count). The van der Waals surface area contributed by atoms with Gasteiger partial charge < -0.3 is 10.1 Å². The lowest BCUT2D eigenvalue weighted by molar-refractivity contribution is -0.118. The van der Waals surface area contributed by atoms with Gasteiger partial charge >= 0.3 is 0 Å². The van der Waals surface area contributed by atoms with Crippen LogP contribution in [0, 0.1) is 17.8 Å². The van der Waals surface area contributed by atoms with Crippen molar-refractivity contribution in [1.82, 2.24) is 15.8 Å². The number of hydrazine groups is 1. The van der Waals surface area contributed by atoms with Gasteiger partial charge in [-0.3, -0.25) is 20.5 Å². The van der Waals surface area contributed by atoms with Crippen molar-refractivity contribution in [2.45, 2.75) is 49.7 Å². The molecule has 0 radical (unpaired) electrons. The van der Waals surface area contributed by atoms with Gasteiger partial charge in [-0.1, -0.05) is 54.6 Å². The van der Waals surface area contributed by atoms with Crippen molar-refractivity contribution in [1.29, 1.82) is 0 Å². The first kappa shape index (κ1) is 22.7. The zero-order chi connectivity index (χ0) is 24.1. The highest BCUT2D eigenvalue weighted by atomic mass is 16.5. The molecule has 36 heavy (non-hydrogen) atoms. The molecular formula is C30H36N4O2. The number of fused-ring (bicyclic) bond motifs is 3. The van der Waals surface area contributed by atoms with E-state index in [1.54, 1.807) is 0 Å². The maximum absolute atomic E-state index is 12.9. The fraction of sp³-hybridized carbons (Fsp3) is 0.500. The number of benzene rings is 2. The third kappa shape index (κ3) is 3.91. The lowest BCUT2D eigenvalue weighted by atomic mass is 9.73. The Morgan fingerprint density at radius 3 is 2.86 bits per heavy atom.